The summed E-state index contributed by atoms with van der Waals surface area (Å²) in [5, 5.41) is 8.17. The van der Waals surface area contributed by atoms with Gasteiger partial charge in [0.05, 0.1) is 4.91 Å². The van der Waals surface area contributed by atoms with Crippen LogP contribution in [0.25, 0.3) is 6.08 Å². The molecule has 3 rings (SSSR count). The molecule has 0 atom stereocenters. The lowest BCUT2D eigenvalue weighted by atomic mass is 10.3. The van der Waals surface area contributed by atoms with E-state index in [2.05, 4.69) is 10.5 Å². The summed E-state index contributed by atoms with van der Waals surface area (Å²) in [7, 11) is 0. The second kappa shape index (κ2) is 6.65. The molecule has 6 nitrogen and oxygen atoms in total. The summed E-state index contributed by atoms with van der Waals surface area (Å²) in [5.41, 5.74) is 0. The molecule has 3 heterocycles. The number of rotatable bonds is 4. The molecule has 2 aromatic rings. The third kappa shape index (κ3) is 3.69. The number of hydrogen-bond donors (Lipinski definition) is 1. The summed E-state index contributed by atoms with van der Waals surface area (Å²) in [6, 6.07) is 5.42. The maximum absolute atomic E-state index is 12.4. The van der Waals surface area contributed by atoms with E-state index in [-0.39, 0.29) is 18.4 Å². The van der Waals surface area contributed by atoms with Crippen LogP contribution in [0.3, 0.4) is 0 Å². The van der Waals surface area contributed by atoms with Crippen molar-refractivity contribution >= 4 is 63.3 Å². The number of aryl methyl sites for hydroxylation is 1. The Kier molecular flexibility index (Phi) is 4.60. The van der Waals surface area contributed by atoms with Gasteiger partial charge < -0.3 is 9.84 Å². The van der Waals surface area contributed by atoms with Crippen molar-refractivity contribution in [2.24, 2.45) is 0 Å². The van der Waals surface area contributed by atoms with Crippen LogP contribution in [-0.2, 0) is 9.59 Å². The van der Waals surface area contributed by atoms with Gasteiger partial charge in [0.25, 0.3) is 5.91 Å². The fourth-order valence-corrected chi connectivity index (χ4v) is 3.87. The Hall–Kier alpha value is -1.97. The quantitative estimate of drug-likeness (QED) is 0.663. The normalized spacial score (nSPS) is 16.4. The molecule has 2 aromatic heterocycles. The number of carbonyl (C=O) groups is 2. The van der Waals surface area contributed by atoms with Crippen molar-refractivity contribution in [1.29, 1.82) is 0 Å². The Morgan fingerprint density at radius 2 is 2.39 bits per heavy atom. The van der Waals surface area contributed by atoms with Crippen LogP contribution in [0.5, 0.6) is 0 Å². The molecule has 2 amide bonds. The topological polar surface area (TPSA) is 75.4 Å². The number of thioether (sulfide) groups is 1. The van der Waals surface area contributed by atoms with E-state index < -0.39 is 0 Å². The van der Waals surface area contributed by atoms with Gasteiger partial charge in [0.2, 0.25) is 5.91 Å². The van der Waals surface area contributed by atoms with E-state index in [1.54, 1.807) is 19.1 Å². The average molecular weight is 365 g/mol. The molecule has 9 heteroatoms. The molecule has 0 unspecified atom stereocenters. The first-order valence-electron chi connectivity index (χ1n) is 6.55. The highest BCUT2D eigenvalue weighted by atomic mass is 32.2. The van der Waals surface area contributed by atoms with Crippen molar-refractivity contribution in [3.05, 3.63) is 39.1 Å². The molecule has 1 fully saturated rings. The summed E-state index contributed by atoms with van der Waals surface area (Å²) in [6.45, 7) is 1.57. The van der Waals surface area contributed by atoms with Gasteiger partial charge in [-0.1, -0.05) is 35.2 Å². The molecule has 0 aromatic carbocycles. The van der Waals surface area contributed by atoms with Crippen molar-refractivity contribution < 1.29 is 14.1 Å². The minimum atomic E-state index is -0.382. The fraction of sp³-hybridized carbons (Fsp3) is 0.143. The van der Waals surface area contributed by atoms with E-state index in [9.17, 15) is 9.59 Å². The lowest BCUT2D eigenvalue weighted by Crippen LogP contribution is -2.36. The molecule has 0 spiro atoms. The highest BCUT2D eigenvalue weighted by molar-refractivity contribution is 8.26. The SMILES string of the molecule is Cc1cc(NC(=O)CN2C(=O)C(=Cc3cccs3)SC2=S)no1. The van der Waals surface area contributed by atoms with Crippen LogP contribution < -0.4 is 5.32 Å². The molecule has 1 N–H and O–H groups in total. The number of amides is 2. The second-order valence-corrected chi connectivity index (χ2v) is 7.31. The van der Waals surface area contributed by atoms with Crippen LogP contribution in [-0.4, -0.2) is 32.7 Å². The first kappa shape index (κ1) is 15.9. The lowest BCUT2D eigenvalue weighted by Gasteiger charge is -2.13. The molecule has 0 saturated carbocycles. The van der Waals surface area contributed by atoms with E-state index in [0.29, 0.717) is 20.8 Å². The molecule has 1 saturated heterocycles. The molecule has 23 heavy (non-hydrogen) atoms. The van der Waals surface area contributed by atoms with Gasteiger partial charge in [-0.15, -0.1) is 11.3 Å². The molecular weight excluding hydrogens is 354 g/mol. The summed E-state index contributed by atoms with van der Waals surface area (Å²) in [6.07, 6.45) is 1.78. The van der Waals surface area contributed by atoms with E-state index >= 15 is 0 Å². The minimum absolute atomic E-state index is 0.154. The summed E-state index contributed by atoms with van der Waals surface area (Å²) < 4.78 is 5.24. The molecule has 0 aliphatic carbocycles. The number of aromatic nitrogens is 1. The van der Waals surface area contributed by atoms with Crippen LogP contribution in [0.15, 0.2) is 33.0 Å². The maximum Gasteiger partial charge on any atom is 0.266 e. The maximum atomic E-state index is 12.4. The first-order valence-corrected chi connectivity index (χ1v) is 8.65. The van der Waals surface area contributed by atoms with Crippen LogP contribution in [0.1, 0.15) is 10.6 Å². The number of nitrogens with one attached hydrogen (secondary N) is 1. The Morgan fingerprint density at radius 1 is 1.57 bits per heavy atom. The van der Waals surface area contributed by atoms with Crippen molar-refractivity contribution in [2.75, 3.05) is 11.9 Å². The number of thiocarbonyl (C=S) groups is 1. The minimum Gasteiger partial charge on any atom is -0.360 e. The van der Waals surface area contributed by atoms with E-state index in [1.807, 2.05) is 17.5 Å². The summed E-state index contributed by atoms with van der Waals surface area (Å²) in [5.74, 6) is 0.253. The van der Waals surface area contributed by atoms with E-state index in [0.717, 1.165) is 4.88 Å². The van der Waals surface area contributed by atoms with Gasteiger partial charge >= 0.3 is 0 Å². The van der Waals surface area contributed by atoms with E-state index in [1.165, 1.54) is 28.0 Å². The molecule has 0 bridgehead atoms. The predicted octanol–water partition coefficient (Wildman–Crippen LogP) is 2.88. The zero-order valence-electron chi connectivity index (χ0n) is 11.9. The molecular formula is C14H11N3O3S3. The third-order valence-electron chi connectivity index (χ3n) is 2.89. The first-order chi connectivity index (χ1) is 11.0. The van der Waals surface area contributed by atoms with Gasteiger partial charge in [0.1, 0.15) is 16.6 Å². The molecule has 118 valence electrons. The second-order valence-electron chi connectivity index (χ2n) is 4.65. The number of nitrogens with zero attached hydrogens (tertiary/aromatic N) is 2. The Balaban J connectivity index is 1.67. The predicted molar refractivity (Wildman–Crippen MR) is 94.1 cm³/mol. The average Bonchev–Trinajstić information content (AvgIpc) is 3.19. The number of anilines is 1. The smallest absolute Gasteiger partial charge is 0.266 e. The fourth-order valence-electron chi connectivity index (χ4n) is 1.89. The monoisotopic (exact) mass is 365 g/mol. The number of carbonyl (C=O) groups excluding carboxylic acids is 2. The molecule has 1 aliphatic heterocycles. The van der Waals surface area contributed by atoms with Crippen molar-refractivity contribution in [2.45, 2.75) is 6.92 Å². The standard InChI is InChI=1S/C14H11N3O3S3/c1-8-5-11(16-20-8)15-12(18)7-17-13(19)10(23-14(17)21)6-9-3-2-4-22-9/h2-6H,7H2,1H3,(H,15,16,18). The van der Waals surface area contributed by atoms with Crippen molar-refractivity contribution in [3.8, 4) is 0 Å². The van der Waals surface area contributed by atoms with Crippen LogP contribution in [0.4, 0.5) is 5.82 Å². The van der Waals surface area contributed by atoms with E-state index in [4.69, 9.17) is 16.7 Å². The Labute approximate surface area is 145 Å². The van der Waals surface area contributed by atoms with Crippen LogP contribution in [0, 0.1) is 6.92 Å². The third-order valence-corrected chi connectivity index (χ3v) is 5.08. The zero-order valence-corrected chi connectivity index (χ0v) is 14.4. The van der Waals surface area contributed by atoms with Crippen LogP contribution >= 0.6 is 35.3 Å². The van der Waals surface area contributed by atoms with Crippen molar-refractivity contribution in [3.63, 3.8) is 0 Å². The van der Waals surface area contributed by atoms with Gasteiger partial charge in [0, 0.05) is 10.9 Å². The highest BCUT2D eigenvalue weighted by Crippen LogP contribution is 2.33. The van der Waals surface area contributed by atoms with Gasteiger partial charge in [-0.3, -0.25) is 14.5 Å². The Morgan fingerprint density at radius 3 is 3.04 bits per heavy atom. The number of thiophene rings is 1. The van der Waals surface area contributed by atoms with Crippen molar-refractivity contribution in [1.82, 2.24) is 10.1 Å². The van der Waals surface area contributed by atoms with Gasteiger partial charge in [-0.05, 0) is 24.4 Å². The summed E-state index contributed by atoms with van der Waals surface area (Å²) >= 11 is 7.92. The summed E-state index contributed by atoms with van der Waals surface area (Å²) in [4.78, 5) is 27.2. The number of hydrogen-bond acceptors (Lipinski definition) is 7. The van der Waals surface area contributed by atoms with Gasteiger partial charge in [0.15, 0.2) is 5.82 Å². The van der Waals surface area contributed by atoms with Gasteiger partial charge in [-0.2, -0.15) is 0 Å². The largest absolute Gasteiger partial charge is 0.360 e. The highest BCUT2D eigenvalue weighted by Gasteiger charge is 2.33. The lowest BCUT2D eigenvalue weighted by molar-refractivity contribution is -0.126. The molecule has 1 aliphatic rings. The van der Waals surface area contributed by atoms with Crippen LogP contribution in [0.2, 0.25) is 0 Å². The van der Waals surface area contributed by atoms with Gasteiger partial charge in [-0.25, -0.2) is 0 Å². The zero-order chi connectivity index (χ0) is 16.4. The Bertz CT molecular complexity index is 795. The molecule has 0 radical (unpaired) electrons.